The second kappa shape index (κ2) is 6.73. The van der Waals surface area contributed by atoms with Gasteiger partial charge >= 0.3 is 0 Å². The van der Waals surface area contributed by atoms with Crippen LogP contribution in [0.1, 0.15) is 24.4 Å². The first kappa shape index (κ1) is 14.8. The molecule has 0 aliphatic carbocycles. The summed E-state index contributed by atoms with van der Waals surface area (Å²) in [5.74, 6) is 1.03. The molecule has 0 aliphatic rings. The van der Waals surface area contributed by atoms with Gasteiger partial charge in [-0.1, -0.05) is 48.0 Å². The first-order valence-electron chi connectivity index (χ1n) is 7.09. The molecule has 0 fully saturated rings. The van der Waals surface area contributed by atoms with Crippen LogP contribution in [-0.4, -0.2) is 10.2 Å². The van der Waals surface area contributed by atoms with Gasteiger partial charge in [0.1, 0.15) is 0 Å². The number of rotatable bonds is 5. The van der Waals surface area contributed by atoms with Crippen LogP contribution in [0.2, 0.25) is 5.02 Å². The maximum atomic E-state index is 5.97. The van der Waals surface area contributed by atoms with Crippen molar-refractivity contribution in [2.45, 2.75) is 19.5 Å². The van der Waals surface area contributed by atoms with E-state index in [9.17, 15) is 0 Å². The number of nitrogens with zero attached hydrogens (tertiary/aromatic N) is 2. The molecule has 2 aromatic carbocycles. The summed E-state index contributed by atoms with van der Waals surface area (Å²) >= 11 is 5.97. The van der Waals surface area contributed by atoms with E-state index in [1.165, 1.54) is 5.56 Å². The van der Waals surface area contributed by atoms with E-state index in [4.69, 9.17) is 16.0 Å². The third-order valence-electron chi connectivity index (χ3n) is 3.40. The van der Waals surface area contributed by atoms with Crippen molar-refractivity contribution in [2.24, 2.45) is 0 Å². The standard InChI is InChI=1S/C17H16ClN3O/c1-12(13-6-3-2-4-7-13)19-11-16-20-21-17(22-16)14-8-5-9-15(18)10-14/h2-10,12,19H,11H2,1H3. The number of aromatic nitrogens is 2. The molecule has 1 aromatic heterocycles. The molecule has 0 radical (unpaired) electrons. The highest BCUT2D eigenvalue weighted by atomic mass is 35.5. The average molecular weight is 314 g/mol. The molecule has 0 aliphatic heterocycles. The molecule has 0 bridgehead atoms. The van der Waals surface area contributed by atoms with Crippen molar-refractivity contribution in [3.63, 3.8) is 0 Å². The maximum absolute atomic E-state index is 5.97. The van der Waals surface area contributed by atoms with Gasteiger partial charge in [0.15, 0.2) is 0 Å². The number of nitrogens with one attached hydrogen (secondary N) is 1. The number of hydrogen-bond donors (Lipinski definition) is 1. The molecule has 4 nitrogen and oxygen atoms in total. The Morgan fingerprint density at radius 2 is 1.91 bits per heavy atom. The van der Waals surface area contributed by atoms with Crippen molar-refractivity contribution in [3.05, 3.63) is 71.1 Å². The first-order valence-corrected chi connectivity index (χ1v) is 7.47. The summed E-state index contributed by atoms with van der Waals surface area (Å²) in [6.45, 7) is 2.62. The smallest absolute Gasteiger partial charge is 0.247 e. The molecule has 0 spiro atoms. The SMILES string of the molecule is CC(NCc1nnc(-c2cccc(Cl)c2)o1)c1ccccc1. The van der Waals surface area contributed by atoms with Crippen LogP contribution in [0.4, 0.5) is 0 Å². The second-order valence-corrected chi connectivity index (χ2v) is 5.46. The molecular weight excluding hydrogens is 298 g/mol. The Morgan fingerprint density at radius 1 is 1.09 bits per heavy atom. The highest BCUT2D eigenvalue weighted by Gasteiger charge is 2.10. The Bertz CT molecular complexity index is 742. The normalized spacial score (nSPS) is 12.3. The van der Waals surface area contributed by atoms with Crippen molar-refractivity contribution >= 4 is 11.6 Å². The summed E-state index contributed by atoms with van der Waals surface area (Å²) in [5.41, 5.74) is 2.04. The molecule has 3 rings (SSSR count). The fraction of sp³-hybridized carbons (Fsp3) is 0.176. The summed E-state index contributed by atoms with van der Waals surface area (Å²) in [6.07, 6.45) is 0. The van der Waals surface area contributed by atoms with Crippen molar-refractivity contribution in [3.8, 4) is 11.5 Å². The molecule has 1 unspecified atom stereocenters. The zero-order valence-corrected chi connectivity index (χ0v) is 12.9. The fourth-order valence-corrected chi connectivity index (χ4v) is 2.35. The maximum Gasteiger partial charge on any atom is 0.247 e. The molecule has 112 valence electrons. The van der Waals surface area contributed by atoms with Crippen LogP contribution in [0.25, 0.3) is 11.5 Å². The number of hydrogen-bond acceptors (Lipinski definition) is 4. The average Bonchev–Trinajstić information content (AvgIpc) is 3.02. The fourth-order valence-electron chi connectivity index (χ4n) is 2.16. The molecule has 5 heteroatoms. The van der Waals surface area contributed by atoms with Gasteiger partial charge in [-0.2, -0.15) is 0 Å². The zero-order valence-electron chi connectivity index (χ0n) is 12.2. The topological polar surface area (TPSA) is 51.0 Å². The predicted octanol–water partition coefficient (Wildman–Crippen LogP) is 4.24. The molecule has 0 amide bonds. The van der Waals surface area contributed by atoms with E-state index in [0.717, 1.165) is 5.56 Å². The minimum atomic E-state index is 0.211. The van der Waals surface area contributed by atoms with Gasteiger partial charge in [-0.3, -0.25) is 0 Å². The van der Waals surface area contributed by atoms with E-state index in [1.54, 1.807) is 6.07 Å². The summed E-state index contributed by atoms with van der Waals surface area (Å²) in [7, 11) is 0. The molecule has 0 saturated carbocycles. The molecular formula is C17H16ClN3O. The Labute approximate surface area is 134 Å². The summed E-state index contributed by atoms with van der Waals surface area (Å²) in [4.78, 5) is 0. The first-order chi connectivity index (χ1) is 10.7. The van der Waals surface area contributed by atoms with E-state index < -0.39 is 0 Å². The van der Waals surface area contributed by atoms with Crippen molar-refractivity contribution in [1.29, 1.82) is 0 Å². The van der Waals surface area contributed by atoms with Crippen LogP contribution >= 0.6 is 11.6 Å². The monoisotopic (exact) mass is 313 g/mol. The Hall–Kier alpha value is -2.17. The van der Waals surface area contributed by atoms with E-state index in [-0.39, 0.29) is 6.04 Å². The van der Waals surface area contributed by atoms with E-state index in [0.29, 0.717) is 23.3 Å². The lowest BCUT2D eigenvalue weighted by molar-refractivity contribution is 0.454. The predicted molar refractivity (Wildman–Crippen MR) is 86.4 cm³/mol. The molecule has 0 saturated heterocycles. The van der Waals surface area contributed by atoms with Gasteiger partial charge in [-0.25, -0.2) is 0 Å². The van der Waals surface area contributed by atoms with Gasteiger partial charge in [-0.15, -0.1) is 10.2 Å². The Morgan fingerprint density at radius 3 is 2.68 bits per heavy atom. The lowest BCUT2D eigenvalue weighted by atomic mass is 10.1. The van der Waals surface area contributed by atoms with Crippen LogP contribution in [-0.2, 0) is 6.54 Å². The lowest BCUT2D eigenvalue weighted by Crippen LogP contribution is -2.18. The number of halogens is 1. The molecule has 3 aromatic rings. The highest BCUT2D eigenvalue weighted by molar-refractivity contribution is 6.30. The van der Waals surface area contributed by atoms with Crippen molar-refractivity contribution < 1.29 is 4.42 Å². The van der Waals surface area contributed by atoms with E-state index in [2.05, 4.69) is 34.6 Å². The molecule has 1 heterocycles. The van der Waals surface area contributed by atoms with Gasteiger partial charge in [0.25, 0.3) is 0 Å². The summed E-state index contributed by atoms with van der Waals surface area (Å²) < 4.78 is 5.67. The van der Waals surface area contributed by atoms with Gasteiger partial charge in [0, 0.05) is 16.6 Å². The lowest BCUT2D eigenvalue weighted by Gasteiger charge is -2.12. The minimum absolute atomic E-state index is 0.211. The van der Waals surface area contributed by atoms with E-state index >= 15 is 0 Å². The highest BCUT2D eigenvalue weighted by Crippen LogP contribution is 2.21. The Kier molecular flexibility index (Phi) is 4.51. The second-order valence-electron chi connectivity index (χ2n) is 5.02. The largest absolute Gasteiger partial charge is 0.419 e. The van der Waals surface area contributed by atoms with Crippen molar-refractivity contribution in [1.82, 2.24) is 15.5 Å². The van der Waals surface area contributed by atoms with Crippen LogP contribution in [0.5, 0.6) is 0 Å². The van der Waals surface area contributed by atoms with Crippen LogP contribution < -0.4 is 5.32 Å². The van der Waals surface area contributed by atoms with Crippen LogP contribution in [0.15, 0.2) is 59.0 Å². The summed E-state index contributed by atoms with van der Waals surface area (Å²) in [6, 6.07) is 17.8. The minimum Gasteiger partial charge on any atom is -0.419 e. The van der Waals surface area contributed by atoms with Crippen LogP contribution in [0, 0.1) is 0 Å². The zero-order chi connectivity index (χ0) is 15.4. The van der Waals surface area contributed by atoms with Crippen LogP contribution in [0.3, 0.4) is 0 Å². The van der Waals surface area contributed by atoms with Gasteiger partial charge in [-0.05, 0) is 30.7 Å². The van der Waals surface area contributed by atoms with Gasteiger partial charge in [0.2, 0.25) is 11.8 Å². The molecule has 1 atom stereocenters. The molecule has 22 heavy (non-hydrogen) atoms. The van der Waals surface area contributed by atoms with Gasteiger partial charge < -0.3 is 9.73 Å². The third-order valence-corrected chi connectivity index (χ3v) is 3.63. The third kappa shape index (κ3) is 3.53. The number of benzene rings is 2. The van der Waals surface area contributed by atoms with Gasteiger partial charge in [0.05, 0.1) is 6.54 Å². The quantitative estimate of drug-likeness (QED) is 0.765. The van der Waals surface area contributed by atoms with Crippen molar-refractivity contribution in [2.75, 3.05) is 0 Å². The summed E-state index contributed by atoms with van der Waals surface area (Å²) in [5, 5.41) is 12.1. The Balaban J connectivity index is 1.65. The molecule has 1 N–H and O–H groups in total. The van der Waals surface area contributed by atoms with E-state index in [1.807, 2.05) is 36.4 Å².